The molecule has 0 aromatic heterocycles. The minimum Gasteiger partial charge on any atom is -0.478 e. The van der Waals surface area contributed by atoms with E-state index in [4.69, 9.17) is 0 Å². The number of anilines is 1. The average molecular weight is 312 g/mol. The van der Waals surface area contributed by atoms with Crippen LogP contribution in [-0.2, 0) is 10.0 Å². The van der Waals surface area contributed by atoms with E-state index < -0.39 is 16.0 Å². The normalized spacial score (nSPS) is 16.5. The van der Waals surface area contributed by atoms with E-state index in [1.807, 2.05) is 13.8 Å². The predicted octanol–water partition coefficient (Wildman–Crippen LogP) is 2.04. The lowest BCUT2D eigenvalue weighted by Gasteiger charge is -2.16. The van der Waals surface area contributed by atoms with Crippen LogP contribution in [0.15, 0.2) is 23.1 Å². The summed E-state index contributed by atoms with van der Waals surface area (Å²) in [7, 11) is -3.64. The monoisotopic (exact) mass is 312 g/mol. The van der Waals surface area contributed by atoms with Gasteiger partial charge < -0.3 is 10.4 Å². The summed E-state index contributed by atoms with van der Waals surface area (Å²) in [6.45, 7) is 3.92. The Kier molecular flexibility index (Phi) is 4.53. The molecule has 7 heteroatoms. The minimum atomic E-state index is -3.64. The van der Waals surface area contributed by atoms with E-state index in [2.05, 4.69) is 10.0 Å². The zero-order valence-corrected chi connectivity index (χ0v) is 12.9. The minimum absolute atomic E-state index is 0.0125. The molecule has 21 heavy (non-hydrogen) atoms. The van der Waals surface area contributed by atoms with Crippen LogP contribution >= 0.6 is 0 Å². The first-order valence-corrected chi connectivity index (χ1v) is 8.48. The highest BCUT2D eigenvalue weighted by molar-refractivity contribution is 7.89. The summed E-state index contributed by atoms with van der Waals surface area (Å²) in [6.07, 6.45) is 2.50. The first kappa shape index (κ1) is 15.8. The van der Waals surface area contributed by atoms with Gasteiger partial charge in [-0.05, 0) is 44.4 Å². The Balaban J connectivity index is 2.33. The maximum absolute atomic E-state index is 12.1. The quantitative estimate of drug-likeness (QED) is 0.716. The van der Waals surface area contributed by atoms with Crippen molar-refractivity contribution in [3.63, 3.8) is 0 Å². The van der Waals surface area contributed by atoms with Gasteiger partial charge in [0, 0.05) is 17.8 Å². The highest BCUT2D eigenvalue weighted by Crippen LogP contribution is 2.25. The molecule has 0 heterocycles. The molecule has 0 amide bonds. The highest BCUT2D eigenvalue weighted by Gasteiger charge is 2.28. The second kappa shape index (κ2) is 6.03. The topological polar surface area (TPSA) is 95.5 Å². The number of rotatable bonds is 7. The van der Waals surface area contributed by atoms with Crippen molar-refractivity contribution in [3.05, 3.63) is 23.8 Å². The van der Waals surface area contributed by atoms with Gasteiger partial charge in [0.25, 0.3) is 0 Å². The Bertz CT molecular complexity index is 638. The number of aromatic carboxylic acids is 1. The lowest BCUT2D eigenvalue weighted by molar-refractivity contribution is 0.0697. The molecule has 1 aromatic carbocycles. The second-order valence-corrected chi connectivity index (χ2v) is 7.08. The van der Waals surface area contributed by atoms with Crippen LogP contribution in [-0.4, -0.2) is 31.6 Å². The summed E-state index contributed by atoms with van der Waals surface area (Å²) in [5.41, 5.74) is 0.399. The van der Waals surface area contributed by atoms with Gasteiger partial charge in [-0.1, -0.05) is 6.92 Å². The molecule has 1 aliphatic carbocycles. The maximum atomic E-state index is 12.1. The molecular formula is C14H20N2O4S. The fourth-order valence-electron chi connectivity index (χ4n) is 1.85. The molecule has 1 unspecified atom stereocenters. The van der Waals surface area contributed by atoms with Crippen LogP contribution < -0.4 is 10.0 Å². The van der Waals surface area contributed by atoms with Crippen molar-refractivity contribution in [1.82, 2.24) is 4.72 Å². The van der Waals surface area contributed by atoms with Crippen molar-refractivity contribution in [3.8, 4) is 0 Å². The van der Waals surface area contributed by atoms with Gasteiger partial charge >= 0.3 is 5.97 Å². The van der Waals surface area contributed by atoms with Crippen molar-refractivity contribution in [2.75, 3.05) is 5.32 Å². The molecule has 0 bridgehead atoms. The molecule has 0 radical (unpaired) electrons. The SMILES string of the molecule is CCC(C)Nc1ccc(S(=O)(=O)NC2CC2)cc1C(=O)O. The summed E-state index contributed by atoms with van der Waals surface area (Å²) in [5.74, 6) is -1.15. The van der Waals surface area contributed by atoms with Crippen LogP contribution in [0, 0.1) is 0 Å². The van der Waals surface area contributed by atoms with Crippen LogP contribution in [0.25, 0.3) is 0 Å². The van der Waals surface area contributed by atoms with Crippen molar-refractivity contribution in [2.45, 2.75) is 50.1 Å². The van der Waals surface area contributed by atoms with E-state index in [0.29, 0.717) is 5.69 Å². The number of benzene rings is 1. The van der Waals surface area contributed by atoms with Crippen molar-refractivity contribution >= 4 is 21.7 Å². The Morgan fingerprint density at radius 3 is 2.62 bits per heavy atom. The molecule has 0 aliphatic heterocycles. The van der Waals surface area contributed by atoms with Crippen LogP contribution in [0.1, 0.15) is 43.5 Å². The number of carboxylic acids is 1. The fourth-order valence-corrected chi connectivity index (χ4v) is 3.18. The van der Waals surface area contributed by atoms with E-state index >= 15 is 0 Å². The number of carboxylic acid groups (broad SMARTS) is 1. The van der Waals surface area contributed by atoms with Crippen LogP contribution in [0.4, 0.5) is 5.69 Å². The third kappa shape index (κ3) is 3.95. The first-order valence-electron chi connectivity index (χ1n) is 6.99. The zero-order valence-electron chi connectivity index (χ0n) is 12.1. The number of carbonyl (C=O) groups is 1. The highest BCUT2D eigenvalue weighted by atomic mass is 32.2. The maximum Gasteiger partial charge on any atom is 0.337 e. The van der Waals surface area contributed by atoms with Gasteiger partial charge in [-0.3, -0.25) is 0 Å². The Morgan fingerprint density at radius 2 is 2.10 bits per heavy atom. The van der Waals surface area contributed by atoms with Gasteiger partial charge in [-0.25, -0.2) is 17.9 Å². The molecule has 1 fully saturated rings. The lowest BCUT2D eigenvalue weighted by atomic mass is 10.1. The molecule has 0 spiro atoms. The van der Waals surface area contributed by atoms with E-state index in [1.54, 1.807) is 0 Å². The van der Waals surface area contributed by atoms with Crippen molar-refractivity contribution in [1.29, 1.82) is 0 Å². The zero-order chi connectivity index (χ0) is 15.6. The van der Waals surface area contributed by atoms with E-state index in [0.717, 1.165) is 19.3 Å². The first-order chi connectivity index (χ1) is 9.83. The Morgan fingerprint density at radius 1 is 1.43 bits per heavy atom. The summed E-state index contributed by atoms with van der Waals surface area (Å²) in [5, 5.41) is 12.4. The summed E-state index contributed by atoms with van der Waals surface area (Å²) in [4.78, 5) is 11.3. The number of hydrogen-bond donors (Lipinski definition) is 3. The molecule has 116 valence electrons. The molecule has 6 nitrogen and oxygen atoms in total. The summed E-state index contributed by atoms with van der Waals surface area (Å²) < 4.78 is 26.8. The van der Waals surface area contributed by atoms with Gasteiger partial charge in [0.1, 0.15) is 0 Å². The van der Waals surface area contributed by atoms with Gasteiger partial charge in [-0.2, -0.15) is 0 Å². The number of sulfonamides is 1. The molecular weight excluding hydrogens is 292 g/mol. The largest absolute Gasteiger partial charge is 0.478 e. The molecule has 2 rings (SSSR count). The summed E-state index contributed by atoms with van der Waals surface area (Å²) in [6, 6.07) is 4.24. The average Bonchev–Trinajstić information content (AvgIpc) is 3.21. The lowest BCUT2D eigenvalue weighted by Crippen LogP contribution is -2.26. The van der Waals surface area contributed by atoms with Crippen LogP contribution in [0.5, 0.6) is 0 Å². The van der Waals surface area contributed by atoms with Crippen molar-refractivity contribution < 1.29 is 18.3 Å². The van der Waals surface area contributed by atoms with Gasteiger partial charge in [-0.15, -0.1) is 0 Å². The molecule has 1 atom stereocenters. The van der Waals surface area contributed by atoms with Gasteiger partial charge in [0.15, 0.2) is 0 Å². The second-order valence-electron chi connectivity index (χ2n) is 5.36. The third-order valence-electron chi connectivity index (χ3n) is 3.45. The van der Waals surface area contributed by atoms with Gasteiger partial charge in [0.2, 0.25) is 10.0 Å². The molecule has 3 N–H and O–H groups in total. The molecule has 1 aromatic rings. The van der Waals surface area contributed by atoms with Gasteiger partial charge in [0.05, 0.1) is 10.5 Å². The van der Waals surface area contributed by atoms with E-state index in [9.17, 15) is 18.3 Å². The van der Waals surface area contributed by atoms with E-state index in [1.165, 1.54) is 18.2 Å². The predicted molar refractivity (Wildman–Crippen MR) is 80.1 cm³/mol. The standard InChI is InChI=1S/C14H20N2O4S/c1-3-9(2)15-13-7-6-11(8-12(13)14(17)18)21(19,20)16-10-4-5-10/h6-10,15-16H,3-5H2,1-2H3,(H,17,18). The fraction of sp³-hybridized carbons (Fsp3) is 0.500. The molecule has 1 aliphatic rings. The number of nitrogens with one attached hydrogen (secondary N) is 2. The number of hydrogen-bond acceptors (Lipinski definition) is 4. The molecule has 0 saturated heterocycles. The Labute approximate surface area is 124 Å². The van der Waals surface area contributed by atoms with Crippen molar-refractivity contribution in [2.24, 2.45) is 0 Å². The van der Waals surface area contributed by atoms with Crippen LogP contribution in [0.2, 0.25) is 0 Å². The summed E-state index contributed by atoms with van der Waals surface area (Å²) >= 11 is 0. The van der Waals surface area contributed by atoms with E-state index in [-0.39, 0.29) is 22.5 Å². The molecule has 1 saturated carbocycles. The third-order valence-corrected chi connectivity index (χ3v) is 4.96. The smallest absolute Gasteiger partial charge is 0.337 e. The Hall–Kier alpha value is -1.60. The van der Waals surface area contributed by atoms with Crippen LogP contribution in [0.3, 0.4) is 0 Å².